The van der Waals surface area contributed by atoms with Crippen LogP contribution in [-0.2, 0) is 12.6 Å². The molecule has 1 fully saturated rings. The van der Waals surface area contributed by atoms with Crippen LogP contribution in [0.1, 0.15) is 56.9 Å². The monoisotopic (exact) mass is 380 g/mol. The van der Waals surface area contributed by atoms with Gasteiger partial charge in [-0.1, -0.05) is 27.7 Å². The van der Waals surface area contributed by atoms with Gasteiger partial charge in [0.2, 0.25) is 0 Å². The van der Waals surface area contributed by atoms with Crippen molar-refractivity contribution in [2.24, 2.45) is 17.8 Å². The van der Waals surface area contributed by atoms with E-state index >= 15 is 0 Å². The lowest BCUT2D eigenvalue weighted by atomic mass is 9.64. The number of alkyl halides is 3. The van der Waals surface area contributed by atoms with E-state index in [0.717, 1.165) is 36.0 Å². The minimum atomic E-state index is -4.30. The zero-order valence-corrected chi connectivity index (χ0v) is 17.0. The summed E-state index contributed by atoms with van der Waals surface area (Å²) >= 11 is 0. The molecular weight excluding hydrogens is 349 g/mol. The number of halogens is 3. The van der Waals surface area contributed by atoms with Crippen LogP contribution < -0.4 is 0 Å². The van der Waals surface area contributed by atoms with Crippen molar-refractivity contribution < 1.29 is 13.2 Å². The highest BCUT2D eigenvalue weighted by molar-refractivity contribution is 5.86. The van der Waals surface area contributed by atoms with Gasteiger partial charge in [-0.25, -0.2) is 0 Å². The normalized spacial score (nSPS) is 25.7. The van der Waals surface area contributed by atoms with Crippen molar-refractivity contribution in [1.29, 1.82) is 0 Å². The molecule has 0 radical (unpaired) electrons. The van der Waals surface area contributed by atoms with Crippen molar-refractivity contribution in [2.75, 3.05) is 20.1 Å². The molecule has 0 spiro atoms. The van der Waals surface area contributed by atoms with Crippen LogP contribution in [0.25, 0.3) is 10.9 Å². The average Bonchev–Trinajstić information content (AvgIpc) is 2.97. The van der Waals surface area contributed by atoms with Crippen LogP contribution in [0.15, 0.2) is 18.2 Å². The van der Waals surface area contributed by atoms with Gasteiger partial charge in [0.25, 0.3) is 0 Å². The van der Waals surface area contributed by atoms with Gasteiger partial charge in [-0.15, -0.1) is 0 Å². The molecule has 2 aromatic rings. The highest BCUT2D eigenvalue weighted by Crippen LogP contribution is 2.49. The fourth-order valence-electron chi connectivity index (χ4n) is 5.15. The third-order valence-corrected chi connectivity index (χ3v) is 6.24. The quantitative estimate of drug-likeness (QED) is 0.635. The van der Waals surface area contributed by atoms with E-state index in [4.69, 9.17) is 0 Å². The number of H-pyrrole nitrogens is 1. The lowest BCUT2D eigenvalue weighted by molar-refractivity contribution is -0.137. The Morgan fingerprint density at radius 2 is 1.89 bits per heavy atom. The standard InChI is InChI=1S/C20H25F3N2.C2H6/c1-11(2)18-15-10-25(3)7-6-12(15)8-17-19(18)14-9-13(20(21,22)23)4-5-16(14)24-17;1-2/h4-5,9,11-12,15,18,24H,6-8,10H2,1-3H3;1-2H3. The first kappa shape index (κ1) is 20.2. The number of nitrogens with zero attached hydrogens (tertiary/aromatic N) is 1. The van der Waals surface area contributed by atoms with Crippen molar-refractivity contribution in [3.8, 4) is 0 Å². The smallest absolute Gasteiger partial charge is 0.358 e. The Kier molecular flexibility index (Phi) is 5.62. The van der Waals surface area contributed by atoms with Crippen molar-refractivity contribution in [3.63, 3.8) is 0 Å². The molecule has 0 saturated carbocycles. The Morgan fingerprint density at radius 1 is 1.19 bits per heavy atom. The van der Waals surface area contributed by atoms with Crippen LogP contribution in [0.4, 0.5) is 13.2 Å². The highest BCUT2D eigenvalue weighted by atomic mass is 19.4. The number of nitrogens with one attached hydrogen (secondary N) is 1. The molecule has 2 heterocycles. The van der Waals surface area contributed by atoms with Crippen LogP contribution in [0, 0.1) is 17.8 Å². The molecule has 27 heavy (non-hydrogen) atoms. The van der Waals surface area contributed by atoms with Gasteiger partial charge in [0.05, 0.1) is 5.56 Å². The summed E-state index contributed by atoms with van der Waals surface area (Å²) < 4.78 is 39.6. The number of piperidine rings is 1. The summed E-state index contributed by atoms with van der Waals surface area (Å²) in [5.41, 5.74) is 2.61. The fourth-order valence-corrected chi connectivity index (χ4v) is 5.15. The molecule has 1 aliphatic carbocycles. The van der Waals surface area contributed by atoms with Gasteiger partial charge in [-0.05, 0) is 73.9 Å². The Labute approximate surface area is 160 Å². The van der Waals surface area contributed by atoms with Crippen molar-refractivity contribution >= 4 is 10.9 Å². The zero-order chi connectivity index (χ0) is 19.9. The van der Waals surface area contributed by atoms with E-state index in [1.54, 1.807) is 6.07 Å². The Balaban J connectivity index is 0.00000102. The topological polar surface area (TPSA) is 19.0 Å². The van der Waals surface area contributed by atoms with E-state index in [1.165, 1.54) is 24.2 Å². The molecule has 1 aromatic heterocycles. The summed E-state index contributed by atoms with van der Waals surface area (Å²) in [6, 6.07) is 4.14. The van der Waals surface area contributed by atoms with Gasteiger partial charge in [0, 0.05) is 23.1 Å². The minimum absolute atomic E-state index is 0.314. The largest absolute Gasteiger partial charge is 0.416 e. The summed E-state index contributed by atoms with van der Waals surface area (Å²) in [6.45, 7) is 10.6. The molecule has 3 unspecified atom stereocenters. The van der Waals surface area contributed by atoms with E-state index in [1.807, 2.05) is 13.8 Å². The first-order valence-electron chi connectivity index (χ1n) is 10.2. The highest BCUT2D eigenvalue weighted by Gasteiger charge is 2.42. The molecule has 150 valence electrons. The molecule has 0 bridgehead atoms. The first-order chi connectivity index (χ1) is 12.8. The average molecular weight is 380 g/mol. The first-order valence-corrected chi connectivity index (χ1v) is 10.2. The summed E-state index contributed by atoms with van der Waals surface area (Å²) in [6.07, 6.45) is -2.16. The fraction of sp³-hybridized carbons (Fsp3) is 0.636. The Morgan fingerprint density at radius 3 is 2.52 bits per heavy atom. The Bertz CT molecular complexity index is 791. The summed E-state index contributed by atoms with van der Waals surface area (Å²) in [5.74, 6) is 1.88. The van der Waals surface area contributed by atoms with Crippen LogP contribution >= 0.6 is 0 Å². The number of hydrogen-bond acceptors (Lipinski definition) is 1. The van der Waals surface area contributed by atoms with E-state index in [0.29, 0.717) is 23.7 Å². The second-order valence-electron chi connectivity index (χ2n) is 8.22. The molecule has 1 aliphatic heterocycles. The number of likely N-dealkylation sites (tertiary alicyclic amines) is 1. The van der Waals surface area contributed by atoms with Crippen LogP contribution in [-0.4, -0.2) is 30.0 Å². The second-order valence-corrected chi connectivity index (χ2v) is 8.22. The van der Waals surface area contributed by atoms with Gasteiger partial charge >= 0.3 is 6.18 Å². The molecule has 1 aromatic carbocycles. The molecule has 0 amide bonds. The third kappa shape index (κ3) is 3.63. The van der Waals surface area contributed by atoms with E-state index in [-0.39, 0.29) is 0 Å². The Hall–Kier alpha value is -1.49. The van der Waals surface area contributed by atoms with Crippen LogP contribution in [0.3, 0.4) is 0 Å². The molecule has 1 N–H and O–H groups in total. The molecule has 2 nitrogen and oxygen atoms in total. The minimum Gasteiger partial charge on any atom is -0.358 e. The van der Waals surface area contributed by atoms with Gasteiger partial charge in [-0.2, -0.15) is 13.2 Å². The van der Waals surface area contributed by atoms with Crippen molar-refractivity contribution in [1.82, 2.24) is 9.88 Å². The molecule has 3 atom stereocenters. The van der Waals surface area contributed by atoms with Crippen LogP contribution in [0.2, 0.25) is 0 Å². The van der Waals surface area contributed by atoms with Crippen LogP contribution in [0.5, 0.6) is 0 Å². The van der Waals surface area contributed by atoms with Gasteiger partial charge < -0.3 is 9.88 Å². The number of aromatic amines is 1. The third-order valence-electron chi connectivity index (χ3n) is 6.24. The predicted molar refractivity (Wildman–Crippen MR) is 105 cm³/mol. The SMILES string of the molecule is CC.CC(C)C1c2c([nH]c3ccc(C(F)(F)F)cc23)CC2CCN(C)CC21. The number of benzene rings is 1. The van der Waals surface area contributed by atoms with Gasteiger partial charge in [0.1, 0.15) is 0 Å². The number of fused-ring (bicyclic) bond motifs is 4. The maximum absolute atomic E-state index is 13.2. The van der Waals surface area contributed by atoms with E-state index in [9.17, 15) is 13.2 Å². The van der Waals surface area contributed by atoms with E-state index in [2.05, 4.69) is 30.8 Å². The maximum Gasteiger partial charge on any atom is 0.416 e. The number of hydrogen-bond donors (Lipinski definition) is 1. The van der Waals surface area contributed by atoms with E-state index < -0.39 is 11.7 Å². The van der Waals surface area contributed by atoms with Gasteiger partial charge in [-0.3, -0.25) is 0 Å². The second kappa shape index (κ2) is 7.50. The molecule has 4 rings (SSSR count). The van der Waals surface area contributed by atoms with Gasteiger partial charge in [0.15, 0.2) is 0 Å². The predicted octanol–water partition coefficient (Wildman–Crippen LogP) is 6.08. The molecule has 5 heteroatoms. The summed E-state index contributed by atoms with van der Waals surface area (Å²) in [5, 5.41) is 0.773. The summed E-state index contributed by atoms with van der Waals surface area (Å²) in [4.78, 5) is 5.82. The zero-order valence-electron chi connectivity index (χ0n) is 17.0. The lowest BCUT2D eigenvalue weighted by Crippen LogP contribution is -2.45. The molecular formula is C22H31F3N2. The molecule has 2 aliphatic rings. The number of rotatable bonds is 1. The molecule has 1 saturated heterocycles. The summed E-state index contributed by atoms with van der Waals surface area (Å²) in [7, 11) is 2.15. The van der Waals surface area contributed by atoms with Crippen molar-refractivity contribution in [3.05, 3.63) is 35.0 Å². The maximum atomic E-state index is 13.2. The lowest BCUT2D eigenvalue weighted by Gasteiger charge is -2.46. The van der Waals surface area contributed by atoms with Crippen molar-refractivity contribution in [2.45, 2.75) is 52.6 Å². The number of aromatic nitrogens is 1.